The van der Waals surface area contributed by atoms with Gasteiger partial charge in [0, 0.05) is 19.1 Å². The maximum Gasteiger partial charge on any atom is 0.151 e. The van der Waals surface area contributed by atoms with Crippen LogP contribution in [0.3, 0.4) is 0 Å². The highest BCUT2D eigenvalue weighted by atomic mass is 32.2. The molecular weight excluding hydrogens is 341 g/mol. The van der Waals surface area contributed by atoms with E-state index in [4.69, 9.17) is 4.74 Å². The molecule has 0 bridgehead atoms. The van der Waals surface area contributed by atoms with Crippen molar-refractivity contribution in [2.24, 2.45) is 0 Å². The van der Waals surface area contributed by atoms with Crippen LogP contribution < -0.4 is 4.74 Å². The van der Waals surface area contributed by atoms with Crippen molar-refractivity contribution in [3.05, 3.63) is 65.5 Å². The lowest BCUT2D eigenvalue weighted by atomic mass is 10.1. The highest BCUT2D eigenvalue weighted by Gasteiger charge is 2.32. The van der Waals surface area contributed by atoms with Crippen LogP contribution in [0.15, 0.2) is 48.5 Å². The minimum atomic E-state index is -2.98. The predicted molar refractivity (Wildman–Crippen MR) is 95.7 cm³/mol. The van der Waals surface area contributed by atoms with Crippen LogP contribution in [0, 0.1) is 5.82 Å². The van der Waals surface area contributed by atoms with Crippen LogP contribution in [0.5, 0.6) is 5.75 Å². The van der Waals surface area contributed by atoms with E-state index < -0.39 is 9.84 Å². The van der Waals surface area contributed by atoms with Crippen LogP contribution >= 0.6 is 0 Å². The van der Waals surface area contributed by atoms with E-state index in [2.05, 4.69) is 4.90 Å². The molecular formula is C19H22FNO3S. The van der Waals surface area contributed by atoms with Gasteiger partial charge < -0.3 is 4.74 Å². The van der Waals surface area contributed by atoms with Gasteiger partial charge in [0.15, 0.2) is 9.84 Å². The summed E-state index contributed by atoms with van der Waals surface area (Å²) >= 11 is 0. The zero-order valence-electron chi connectivity index (χ0n) is 14.2. The van der Waals surface area contributed by atoms with E-state index in [0.717, 1.165) is 16.9 Å². The summed E-state index contributed by atoms with van der Waals surface area (Å²) in [4.78, 5) is 2.13. The molecule has 2 aromatic rings. The molecule has 1 atom stereocenters. The number of rotatable bonds is 6. The average Bonchev–Trinajstić information content (AvgIpc) is 2.95. The van der Waals surface area contributed by atoms with Gasteiger partial charge >= 0.3 is 0 Å². The van der Waals surface area contributed by atoms with Gasteiger partial charge in [0.05, 0.1) is 18.6 Å². The largest absolute Gasteiger partial charge is 0.497 e. The summed E-state index contributed by atoms with van der Waals surface area (Å²) in [5.74, 6) is 0.892. The van der Waals surface area contributed by atoms with Crippen LogP contribution in [0.2, 0.25) is 0 Å². The SMILES string of the molecule is COc1ccc(CN(Cc2cccc(F)c2)[C@@H]2CCS(=O)(=O)C2)cc1. The molecule has 0 unspecified atom stereocenters. The molecule has 134 valence electrons. The third-order valence-electron chi connectivity index (χ3n) is 4.54. The molecule has 0 aromatic heterocycles. The first-order valence-electron chi connectivity index (χ1n) is 8.27. The maximum atomic E-state index is 13.5. The second-order valence-electron chi connectivity index (χ2n) is 6.44. The molecule has 0 saturated carbocycles. The number of benzene rings is 2. The summed E-state index contributed by atoms with van der Waals surface area (Å²) in [6.07, 6.45) is 0.619. The fourth-order valence-electron chi connectivity index (χ4n) is 3.21. The lowest BCUT2D eigenvalue weighted by Gasteiger charge is -2.28. The molecule has 0 amide bonds. The third-order valence-corrected chi connectivity index (χ3v) is 6.29. The number of methoxy groups -OCH3 is 1. The Morgan fingerprint density at radius 3 is 2.44 bits per heavy atom. The molecule has 0 spiro atoms. The second-order valence-corrected chi connectivity index (χ2v) is 8.67. The molecule has 4 nitrogen and oxygen atoms in total. The van der Waals surface area contributed by atoms with E-state index >= 15 is 0 Å². The van der Waals surface area contributed by atoms with Gasteiger partial charge in [-0.25, -0.2) is 12.8 Å². The predicted octanol–water partition coefficient (Wildman–Crippen LogP) is 3.02. The molecule has 1 heterocycles. The Kier molecular flexibility index (Phi) is 5.39. The Labute approximate surface area is 148 Å². The molecule has 1 aliphatic rings. The molecule has 3 rings (SSSR count). The van der Waals surface area contributed by atoms with Gasteiger partial charge in [0.2, 0.25) is 0 Å². The van der Waals surface area contributed by atoms with Gasteiger partial charge in [-0.3, -0.25) is 4.90 Å². The molecule has 2 aromatic carbocycles. The van der Waals surface area contributed by atoms with E-state index in [1.807, 2.05) is 30.3 Å². The van der Waals surface area contributed by atoms with Gasteiger partial charge in [-0.05, 0) is 41.8 Å². The van der Waals surface area contributed by atoms with Crippen molar-refractivity contribution in [2.75, 3.05) is 18.6 Å². The molecule has 1 saturated heterocycles. The number of hydrogen-bond acceptors (Lipinski definition) is 4. The summed E-state index contributed by atoms with van der Waals surface area (Å²) in [6, 6.07) is 14.1. The van der Waals surface area contributed by atoms with Crippen LogP contribution in [0.25, 0.3) is 0 Å². The molecule has 1 aliphatic heterocycles. The monoisotopic (exact) mass is 363 g/mol. The zero-order chi connectivity index (χ0) is 17.9. The van der Waals surface area contributed by atoms with E-state index in [1.54, 1.807) is 13.2 Å². The highest BCUT2D eigenvalue weighted by molar-refractivity contribution is 7.91. The Hall–Kier alpha value is -1.92. The fraction of sp³-hybridized carbons (Fsp3) is 0.368. The fourth-order valence-corrected chi connectivity index (χ4v) is 4.97. The lowest BCUT2D eigenvalue weighted by Crippen LogP contribution is -2.35. The Morgan fingerprint density at radius 2 is 1.84 bits per heavy atom. The third kappa shape index (κ3) is 4.80. The number of halogens is 1. The molecule has 1 fully saturated rings. The van der Waals surface area contributed by atoms with E-state index in [1.165, 1.54) is 12.1 Å². The van der Waals surface area contributed by atoms with Crippen molar-refractivity contribution in [1.29, 1.82) is 0 Å². The summed E-state index contributed by atoms with van der Waals surface area (Å²) in [7, 11) is -1.36. The van der Waals surface area contributed by atoms with Crippen molar-refractivity contribution in [3.63, 3.8) is 0 Å². The van der Waals surface area contributed by atoms with Crippen molar-refractivity contribution in [3.8, 4) is 5.75 Å². The number of sulfone groups is 1. The van der Waals surface area contributed by atoms with E-state index in [9.17, 15) is 12.8 Å². The molecule has 0 N–H and O–H groups in total. The minimum absolute atomic E-state index is 0.0460. The first-order valence-corrected chi connectivity index (χ1v) is 10.1. The quantitative estimate of drug-likeness (QED) is 0.791. The minimum Gasteiger partial charge on any atom is -0.497 e. The van der Waals surface area contributed by atoms with Crippen molar-refractivity contribution >= 4 is 9.84 Å². The van der Waals surface area contributed by atoms with Crippen LogP contribution in [0.1, 0.15) is 17.5 Å². The Bertz CT molecular complexity index is 821. The summed E-state index contributed by atoms with van der Waals surface area (Å²) in [5.41, 5.74) is 1.92. The average molecular weight is 363 g/mol. The van der Waals surface area contributed by atoms with Gasteiger partial charge in [-0.15, -0.1) is 0 Å². The molecule has 6 heteroatoms. The van der Waals surface area contributed by atoms with Gasteiger partial charge in [-0.2, -0.15) is 0 Å². The smallest absolute Gasteiger partial charge is 0.151 e. The van der Waals surface area contributed by atoms with E-state index in [0.29, 0.717) is 19.5 Å². The Morgan fingerprint density at radius 1 is 1.12 bits per heavy atom. The van der Waals surface area contributed by atoms with E-state index in [-0.39, 0.29) is 23.4 Å². The van der Waals surface area contributed by atoms with Crippen LogP contribution in [0.4, 0.5) is 4.39 Å². The lowest BCUT2D eigenvalue weighted by molar-refractivity contribution is 0.194. The first-order chi connectivity index (χ1) is 11.9. The topological polar surface area (TPSA) is 46.6 Å². The van der Waals surface area contributed by atoms with Crippen molar-refractivity contribution in [2.45, 2.75) is 25.6 Å². The second kappa shape index (κ2) is 7.54. The summed E-state index contributed by atoms with van der Waals surface area (Å²) < 4.78 is 42.4. The van der Waals surface area contributed by atoms with Crippen molar-refractivity contribution in [1.82, 2.24) is 4.90 Å². The van der Waals surface area contributed by atoms with Gasteiger partial charge in [0.1, 0.15) is 11.6 Å². The maximum absolute atomic E-state index is 13.5. The first kappa shape index (κ1) is 17.9. The normalized spacial score (nSPS) is 19.2. The summed E-state index contributed by atoms with van der Waals surface area (Å²) in [5, 5.41) is 0. The van der Waals surface area contributed by atoms with Crippen LogP contribution in [-0.2, 0) is 22.9 Å². The van der Waals surface area contributed by atoms with Crippen molar-refractivity contribution < 1.29 is 17.5 Å². The number of nitrogens with zero attached hydrogens (tertiary/aromatic N) is 1. The Balaban J connectivity index is 1.80. The number of ether oxygens (including phenoxy) is 1. The van der Waals surface area contributed by atoms with Gasteiger partial charge in [-0.1, -0.05) is 24.3 Å². The van der Waals surface area contributed by atoms with Gasteiger partial charge in [0.25, 0.3) is 0 Å². The highest BCUT2D eigenvalue weighted by Crippen LogP contribution is 2.23. The standard InChI is InChI=1S/C19H22FNO3S/c1-24-19-7-5-15(6-8-19)12-21(18-9-10-25(22,23)14-18)13-16-3-2-4-17(20)11-16/h2-8,11,18H,9-10,12-14H2,1H3/t18-/m1/s1. The summed E-state index contributed by atoms with van der Waals surface area (Å²) in [6.45, 7) is 1.13. The van der Waals surface area contributed by atoms with Crippen LogP contribution in [-0.4, -0.2) is 38.0 Å². The number of hydrogen-bond donors (Lipinski definition) is 0. The zero-order valence-corrected chi connectivity index (χ0v) is 15.0. The molecule has 0 radical (unpaired) electrons. The molecule has 0 aliphatic carbocycles. The molecule has 25 heavy (non-hydrogen) atoms.